The zero-order chi connectivity index (χ0) is 22.5. The molecule has 1 fully saturated rings. The Bertz CT molecular complexity index is 1060. The minimum Gasteiger partial charge on any atom is -0.441 e. The van der Waals surface area contributed by atoms with Gasteiger partial charge in [-0.15, -0.1) is 23.5 Å². The Hall–Kier alpha value is -2.45. The summed E-state index contributed by atoms with van der Waals surface area (Å²) in [5.41, 5.74) is 2.43. The molecular weight excluding hydrogens is 445 g/mol. The number of carbonyl (C=O) groups excluding carboxylic acids is 1. The fraction of sp³-hybridized carbons (Fsp3) is 0.333. The standard InChI is InChI=1S/C24H26FN3O2S2/c1-17-21(26-24(30-17)18-7-9-19(31-2)10-8-18)15-32-16-23(29)28-13-11-27(12-14-28)22-6-4-3-5-20(22)25/h3-10H,11-16H2,1-2H3. The molecule has 2 aromatic carbocycles. The van der Waals surface area contributed by atoms with Gasteiger partial charge in [-0.3, -0.25) is 4.79 Å². The Morgan fingerprint density at radius 2 is 1.81 bits per heavy atom. The lowest BCUT2D eigenvalue weighted by atomic mass is 10.2. The number of oxazole rings is 1. The van der Waals surface area contributed by atoms with Crippen LogP contribution < -0.4 is 4.90 Å². The fourth-order valence-electron chi connectivity index (χ4n) is 3.65. The van der Waals surface area contributed by atoms with Crippen LogP contribution >= 0.6 is 23.5 Å². The van der Waals surface area contributed by atoms with Crippen molar-refractivity contribution in [1.29, 1.82) is 0 Å². The van der Waals surface area contributed by atoms with Gasteiger partial charge in [-0.1, -0.05) is 12.1 Å². The zero-order valence-electron chi connectivity index (χ0n) is 18.2. The van der Waals surface area contributed by atoms with E-state index < -0.39 is 0 Å². The summed E-state index contributed by atoms with van der Waals surface area (Å²) in [4.78, 5) is 22.3. The number of para-hydroxylation sites is 1. The van der Waals surface area contributed by atoms with Crippen LogP contribution in [0.5, 0.6) is 0 Å². The third-order valence-electron chi connectivity index (χ3n) is 5.52. The van der Waals surface area contributed by atoms with Crippen molar-refractivity contribution in [3.63, 3.8) is 0 Å². The molecule has 3 aromatic rings. The molecule has 1 amide bonds. The van der Waals surface area contributed by atoms with Crippen LogP contribution in [0.15, 0.2) is 57.8 Å². The van der Waals surface area contributed by atoms with Crippen molar-refractivity contribution in [3.8, 4) is 11.5 Å². The SMILES string of the molecule is CSc1ccc(-c2nc(CSCC(=O)N3CCN(c4ccccc4F)CC3)c(C)o2)cc1. The topological polar surface area (TPSA) is 49.6 Å². The molecule has 4 rings (SSSR count). The molecule has 1 aliphatic rings. The van der Waals surface area contributed by atoms with Crippen molar-refractivity contribution in [2.75, 3.05) is 43.1 Å². The molecule has 0 bridgehead atoms. The molecule has 1 saturated heterocycles. The molecule has 1 aliphatic heterocycles. The third kappa shape index (κ3) is 5.30. The number of aromatic nitrogens is 1. The molecule has 5 nitrogen and oxygen atoms in total. The van der Waals surface area contributed by atoms with Crippen molar-refractivity contribution < 1.29 is 13.6 Å². The van der Waals surface area contributed by atoms with Crippen LogP contribution in [0.2, 0.25) is 0 Å². The average Bonchev–Trinajstić information content (AvgIpc) is 3.20. The summed E-state index contributed by atoms with van der Waals surface area (Å²) in [6.07, 6.45) is 2.05. The molecule has 0 spiro atoms. The van der Waals surface area contributed by atoms with Gasteiger partial charge < -0.3 is 14.2 Å². The van der Waals surface area contributed by atoms with Gasteiger partial charge in [-0.25, -0.2) is 9.37 Å². The number of piperazine rings is 1. The third-order valence-corrected chi connectivity index (χ3v) is 7.19. The highest BCUT2D eigenvalue weighted by atomic mass is 32.2. The first kappa shape index (κ1) is 22.7. The Balaban J connectivity index is 1.26. The van der Waals surface area contributed by atoms with Crippen molar-refractivity contribution in [2.24, 2.45) is 0 Å². The number of hydrogen-bond acceptors (Lipinski definition) is 6. The summed E-state index contributed by atoms with van der Waals surface area (Å²) in [6, 6.07) is 14.9. The van der Waals surface area contributed by atoms with Gasteiger partial charge in [0.15, 0.2) is 0 Å². The van der Waals surface area contributed by atoms with Crippen molar-refractivity contribution in [3.05, 3.63) is 65.8 Å². The number of amides is 1. The van der Waals surface area contributed by atoms with E-state index in [9.17, 15) is 9.18 Å². The van der Waals surface area contributed by atoms with E-state index in [1.807, 2.05) is 41.2 Å². The number of rotatable bonds is 7. The lowest BCUT2D eigenvalue weighted by Gasteiger charge is -2.36. The number of hydrogen-bond donors (Lipinski definition) is 0. The van der Waals surface area contributed by atoms with Crippen molar-refractivity contribution in [2.45, 2.75) is 17.6 Å². The maximum absolute atomic E-state index is 14.0. The van der Waals surface area contributed by atoms with E-state index in [1.165, 1.54) is 11.0 Å². The van der Waals surface area contributed by atoms with Crippen LogP contribution in [-0.4, -0.2) is 54.0 Å². The number of carbonyl (C=O) groups is 1. The lowest BCUT2D eigenvalue weighted by molar-refractivity contribution is -0.128. The minimum atomic E-state index is -0.217. The van der Waals surface area contributed by atoms with E-state index in [1.54, 1.807) is 35.7 Å². The Kier molecular flexibility index (Phi) is 7.42. The average molecular weight is 472 g/mol. The second-order valence-corrected chi connectivity index (χ2v) is 9.43. The summed E-state index contributed by atoms with van der Waals surface area (Å²) in [7, 11) is 0. The first-order valence-electron chi connectivity index (χ1n) is 10.5. The number of halogens is 1. The van der Waals surface area contributed by atoms with Gasteiger partial charge >= 0.3 is 0 Å². The largest absolute Gasteiger partial charge is 0.441 e. The quantitative estimate of drug-likeness (QED) is 0.447. The second kappa shape index (κ2) is 10.4. The summed E-state index contributed by atoms with van der Waals surface area (Å²) < 4.78 is 19.8. The molecule has 0 radical (unpaired) electrons. The van der Waals surface area contributed by atoms with Crippen LogP contribution in [0.25, 0.3) is 11.5 Å². The van der Waals surface area contributed by atoms with Crippen LogP contribution in [0.4, 0.5) is 10.1 Å². The Labute approximate surface area is 196 Å². The fourth-order valence-corrected chi connectivity index (χ4v) is 4.98. The Morgan fingerprint density at radius 1 is 1.09 bits per heavy atom. The molecule has 0 atom stereocenters. The van der Waals surface area contributed by atoms with E-state index in [0.717, 1.165) is 17.0 Å². The molecule has 8 heteroatoms. The van der Waals surface area contributed by atoms with Crippen LogP contribution in [0.1, 0.15) is 11.5 Å². The highest BCUT2D eigenvalue weighted by molar-refractivity contribution is 7.99. The van der Waals surface area contributed by atoms with Gasteiger partial charge in [-0.2, -0.15) is 0 Å². The number of nitrogens with zero attached hydrogens (tertiary/aromatic N) is 3. The Morgan fingerprint density at radius 3 is 2.50 bits per heavy atom. The number of thioether (sulfide) groups is 2. The number of anilines is 1. The highest BCUT2D eigenvalue weighted by Crippen LogP contribution is 2.26. The van der Waals surface area contributed by atoms with Crippen LogP contribution in [-0.2, 0) is 10.5 Å². The van der Waals surface area contributed by atoms with Gasteiger partial charge in [0.05, 0.1) is 17.1 Å². The van der Waals surface area contributed by atoms with Gasteiger partial charge in [-0.05, 0) is 49.6 Å². The minimum absolute atomic E-state index is 0.109. The molecule has 2 heterocycles. The van der Waals surface area contributed by atoms with Crippen LogP contribution in [0, 0.1) is 12.7 Å². The van der Waals surface area contributed by atoms with Gasteiger partial charge in [0.25, 0.3) is 0 Å². The van der Waals surface area contributed by atoms with E-state index in [2.05, 4.69) is 17.1 Å². The normalized spacial score (nSPS) is 14.1. The molecule has 0 saturated carbocycles. The van der Waals surface area contributed by atoms with E-state index in [-0.39, 0.29) is 11.7 Å². The second-order valence-electron chi connectivity index (χ2n) is 7.56. The molecule has 32 heavy (non-hydrogen) atoms. The molecule has 0 N–H and O–H groups in total. The summed E-state index contributed by atoms with van der Waals surface area (Å²) >= 11 is 3.24. The maximum Gasteiger partial charge on any atom is 0.232 e. The zero-order valence-corrected chi connectivity index (χ0v) is 19.8. The first-order valence-corrected chi connectivity index (χ1v) is 12.9. The summed E-state index contributed by atoms with van der Waals surface area (Å²) in [5, 5.41) is 0. The predicted molar refractivity (Wildman–Crippen MR) is 130 cm³/mol. The molecule has 168 valence electrons. The predicted octanol–water partition coefficient (Wildman–Crippen LogP) is 5.09. The monoisotopic (exact) mass is 471 g/mol. The highest BCUT2D eigenvalue weighted by Gasteiger charge is 2.23. The van der Waals surface area contributed by atoms with Crippen LogP contribution in [0.3, 0.4) is 0 Å². The van der Waals surface area contributed by atoms with E-state index >= 15 is 0 Å². The lowest BCUT2D eigenvalue weighted by Crippen LogP contribution is -2.49. The van der Waals surface area contributed by atoms with E-state index in [0.29, 0.717) is 49.3 Å². The van der Waals surface area contributed by atoms with Crippen molar-refractivity contribution in [1.82, 2.24) is 9.88 Å². The van der Waals surface area contributed by atoms with Gasteiger partial charge in [0, 0.05) is 42.4 Å². The molecular formula is C24H26FN3O2S2. The molecule has 0 unspecified atom stereocenters. The molecule has 0 aliphatic carbocycles. The van der Waals surface area contributed by atoms with Gasteiger partial charge in [0.1, 0.15) is 11.6 Å². The number of aryl methyl sites for hydroxylation is 1. The van der Waals surface area contributed by atoms with Crippen molar-refractivity contribution >= 4 is 35.1 Å². The summed E-state index contributed by atoms with van der Waals surface area (Å²) in [6.45, 7) is 4.39. The smallest absolute Gasteiger partial charge is 0.232 e. The maximum atomic E-state index is 14.0. The van der Waals surface area contributed by atoms with Gasteiger partial charge in [0.2, 0.25) is 11.8 Å². The molecule has 1 aromatic heterocycles. The number of benzene rings is 2. The first-order chi connectivity index (χ1) is 15.5. The summed E-state index contributed by atoms with van der Waals surface area (Å²) in [5.74, 6) is 2.31. The van der Waals surface area contributed by atoms with E-state index in [4.69, 9.17) is 4.42 Å².